The van der Waals surface area contributed by atoms with E-state index < -0.39 is 5.97 Å². The van der Waals surface area contributed by atoms with E-state index in [9.17, 15) is 14.7 Å². The maximum atomic E-state index is 12.6. The predicted octanol–water partition coefficient (Wildman–Crippen LogP) is 4.13. The minimum Gasteiger partial charge on any atom is -0.478 e. The number of hydrogen-bond donors (Lipinski definition) is 1. The van der Waals surface area contributed by atoms with Gasteiger partial charge in [0, 0.05) is 17.6 Å². The molecule has 2 aromatic rings. The Bertz CT molecular complexity index is 873. The van der Waals surface area contributed by atoms with E-state index in [1.54, 1.807) is 18.2 Å². The number of carbonyl (C=O) groups is 2. The molecule has 1 aliphatic rings. The number of carboxylic acid groups (broad SMARTS) is 1. The summed E-state index contributed by atoms with van der Waals surface area (Å²) in [5, 5.41) is 9.37. The van der Waals surface area contributed by atoms with Crippen molar-refractivity contribution >= 4 is 17.8 Å². The molecule has 0 amide bonds. The highest BCUT2D eigenvalue weighted by molar-refractivity contribution is 6.16. The van der Waals surface area contributed by atoms with Crippen molar-refractivity contribution in [2.75, 3.05) is 0 Å². The number of fused-ring (bicyclic) bond motifs is 1. The van der Waals surface area contributed by atoms with E-state index >= 15 is 0 Å². The highest BCUT2D eigenvalue weighted by Crippen LogP contribution is 2.31. The van der Waals surface area contributed by atoms with Crippen molar-refractivity contribution in [2.45, 2.75) is 27.2 Å². The molecule has 0 heterocycles. The molecule has 0 unspecified atom stereocenters. The van der Waals surface area contributed by atoms with E-state index in [1.165, 1.54) is 0 Å². The van der Waals surface area contributed by atoms with Gasteiger partial charge in [0.1, 0.15) is 0 Å². The van der Waals surface area contributed by atoms with E-state index in [0.717, 1.165) is 27.8 Å². The predicted molar refractivity (Wildman–Crippen MR) is 90.1 cm³/mol. The molecule has 1 N–H and O–H groups in total. The molecule has 0 aromatic heterocycles. The van der Waals surface area contributed by atoms with Crippen LogP contribution < -0.4 is 0 Å². The first-order valence-corrected chi connectivity index (χ1v) is 7.56. The lowest BCUT2D eigenvalue weighted by Crippen LogP contribution is -2.02. The fraction of sp³-hybridized carbons (Fsp3) is 0.200. The molecule has 0 saturated heterocycles. The fourth-order valence-electron chi connectivity index (χ4n) is 3.16. The number of ketones is 1. The molecule has 0 aliphatic heterocycles. The molecular formula is C20H18O3. The fourth-order valence-corrected chi connectivity index (χ4v) is 3.16. The van der Waals surface area contributed by atoms with Gasteiger partial charge in [-0.25, -0.2) is 4.79 Å². The molecule has 2 aromatic carbocycles. The highest BCUT2D eigenvalue weighted by Gasteiger charge is 2.26. The molecule has 0 saturated carbocycles. The molecule has 116 valence electrons. The number of benzene rings is 2. The molecule has 1 aliphatic carbocycles. The molecule has 3 rings (SSSR count). The van der Waals surface area contributed by atoms with Gasteiger partial charge in [-0.15, -0.1) is 0 Å². The molecule has 0 bridgehead atoms. The van der Waals surface area contributed by atoms with Gasteiger partial charge in [0.05, 0.1) is 5.56 Å². The van der Waals surface area contributed by atoms with Gasteiger partial charge in [0.15, 0.2) is 5.78 Å². The molecule has 0 atom stereocenters. The monoisotopic (exact) mass is 306 g/mol. The molecule has 23 heavy (non-hydrogen) atoms. The van der Waals surface area contributed by atoms with Crippen LogP contribution in [0.15, 0.2) is 35.9 Å². The minimum atomic E-state index is -0.976. The van der Waals surface area contributed by atoms with Crippen molar-refractivity contribution in [2.24, 2.45) is 0 Å². The first-order chi connectivity index (χ1) is 10.9. The van der Waals surface area contributed by atoms with Crippen LogP contribution in [0.1, 0.15) is 48.5 Å². The molecule has 0 spiro atoms. The summed E-state index contributed by atoms with van der Waals surface area (Å²) in [6, 6.07) is 9.25. The van der Waals surface area contributed by atoms with Crippen LogP contribution in [-0.4, -0.2) is 16.9 Å². The number of rotatable bonds is 2. The van der Waals surface area contributed by atoms with Crippen LogP contribution in [0.2, 0.25) is 0 Å². The van der Waals surface area contributed by atoms with Gasteiger partial charge >= 0.3 is 5.97 Å². The third-order valence-corrected chi connectivity index (χ3v) is 4.29. The summed E-state index contributed by atoms with van der Waals surface area (Å²) < 4.78 is 0. The standard InChI is InChI=1S/C20H18O3/c1-11-4-5-14(17(7-11)20(22)23)9-15-10-16-13(3)6-12(2)8-18(16)19(15)21/h4-9H,10H2,1-3H3,(H,22,23)/b15-9+. The van der Waals surface area contributed by atoms with E-state index in [-0.39, 0.29) is 11.3 Å². The summed E-state index contributed by atoms with van der Waals surface area (Å²) in [6.07, 6.45) is 2.28. The summed E-state index contributed by atoms with van der Waals surface area (Å²) in [4.78, 5) is 24.1. The zero-order valence-corrected chi connectivity index (χ0v) is 13.4. The Balaban J connectivity index is 2.08. The van der Waals surface area contributed by atoms with E-state index in [1.807, 2.05) is 32.9 Å². The quantitative estimate of drug-likeness (QED) is 0.849. The van der Waals surface area contributed by atoms with Crippen LogP contribution in [0.3, 0.4) is 0 Å². The van der Waals surface area contributed by atoms with Crippen molar-refractivity contribution in [1.82, 2.24) is 0 Å². The number of carbonyl (C=O) groups excluding carboxylic acids is 1. The Morgan fingerprint density at radius 3 is 2.52 bits per heavy atom. The van der Waals surface area contributed by atoms with E-state index in [4.69, 9.17) is 0 Å². The van der Waals surface area contributed by atoms with Crippen LogP contribution in [0.25, 0.3) is 6.08 Å². The van der Waals surface area contributed by atoms with Crippen LogP contribution in [0.4, 0.5) is 0 Å². The van der Waals surface area contributed by atoms with Gasteiger partial charge in [-0.3, -0.25) is 4.79 Å². The van der Waals surface area contributed by atoms with E-state index in [2.05, 4.69) is 6.07 Å². The summed E-state index contributed by atoms with van der Waals surface area (Å²) in [6.45, 7) is 5.84. The van der Waals surface area contributed by atoms with Crippen molar-refractivity contribution < 1.29 is 14.7 Å². The molecule has 3 heteroatoms. The van der Waals surface area contributed by atoms with Crippen LogP contribution in [0.5, 0.6) is 0 Å². The Kier molecular flexibility index (Phi) is 3.64. The third-order valence-electron chi connectivity index (χ3n) is 4.29. The third kappa shape index (κ3) is 2.70. The number of carboxylic acids is 1. The first-order valence-electron chi connectivity index (χ1n) is 7.56. The Hall–Kier alpha value is -2.68. The van der Waals surface area contributed by atoms with Gasteiger partial charge in [-0.05, 0) is 55.7 Å². The maximum Gasteiger partial charge on any atom is 0.336 e. The lowest BCUT2D eigenvalue weighted by Gasteiger charge is -2.04. The molecular weight excluding hydrogens is 288 g/mol. The van der Waals surface area contributed by atoms with Crippen molar-refractivity contribution in [3.8, 4) is 0 Å². The second kappa shape index (κ2) is 5.51. The lowest BCUT2D eigenvalue weighted by atomic mass is 10.0. The smallest absolute Gasteiger partial charge is 0.336 e. The number of aryl methyl sites for hydroxylation is 3. The van der Waals surface area contributed by atoms with Gasteiger partial charge in [-0.1, -0.05) is 29.3 Å². The van der Waals surface area contributed by atoms with E-state index in [0.29, 0.717) is 17.6 Å². The number of aromatic carboxylic acids is 1. The van der Waals surface area contributed by atoms with Gasteiger partial charge in [-0.2, -0.15) is 0 Å². The molecule has 0 fully saturated rings. The minimum absolute atomic E-state index is 0.00344. The lowest BCUT2D eigenvalue weighted by molar-refractivity contribution is 0.0696. The summed E-state index contributed by atoms with van der Waals surface area (Å²) in [5.41, 5.74) is 6.32. The second-order valence-electron chi connectivity index (χ2n) is 6.18. The maximum absolute atomic E-state index is 12.6. The van der Waals surface area contributed by atoms with Crippen molar-refractivity contribution in [3.63, 3.8) is 0 Å². The van der Waals surface area contributed by atoms with Gasteiger partial charge in [0.25, 0.3) is 0 Å². The topological polar surface area (TPSA) is 54.4 Å². The van der Waals surface area contributed by atoms with Gasteiger partial charge in [0.2, 0.25) is 0 Å². The largest absolute Gasteiger partial charge is 0.478 e. The Morgan fingerprint density at radius 1 is 1.09 bits per heavy atom. The van der Waals surface area contributed by atoms with Crippen LogP contribution in [0, 0.1) is 20.8 Å². The van der Waals surface area contributed by atoms with Crippen molar-refractivity contribution in [1.29, 1.82) is 0 Å². The summed E-state index contributed by atoms with van der Waals surface area (Å²) in [5.74, 6) is -0.973. The highest BCUT2D eigenvalue weighted by atomic mass is 16.4. The average molecular weight is 306 g/mol. The summed E-state index contributed by atoms with van der Waals surface area (Å²) >= 11 is 0. The number of Topliss-reactive ketones (excluding diaryl/α,β-unsaturated/α-hetero) is 1. The van der Waals surface area contributed by atoms with Gasteiger partial charge < -0.3 is 5.11 Å². The number of hydrogen-bond acceptors (Lipinski definition) is 2. The SMILES string of the molecule is Cc1ccc(/C=C2\Cc3c(C)cc(C)cc3C2=O)c(C(=O)O)c1. The number of allylic oxidation sites excluding steroid dienone is 1. The normalized spacial score (nSPS) is 15.1. The molecule has 0 radical (unpaired) electrons. The average Bonchev–Trinajstić information content (AvgIpc) is 2.78. The van der Waals surface area contributed by atoms with Crippen LogP contribution >= 0.6 is 0 Å². The Morgan fingerprint density at radius 2 is 1.83 bits per heavy atom. The summed E-state index contributed by atoms with van der Waals surface area (Å²) in [7, 11) is 0. The second-order valence-corrected chi connectivity index (χ2v) is 6.18. The van der Waals surface area contributed by atoms with Crippen LogP contribution in [-0.2, 0) is 6.42 Å². The Labute approximate surface area is 135 Å². The van der Waals surface area contributed by atoms with Crippen molar-refractivity contribution in [3.05, 3.63) is 74.8 Å². The zero-order chi connectivity index (χ0) is 16.7. The zero-order valence-electron chi connectivity index (χ0n) is 13.4. The molecule has 3 nitrogen and oxygen atoms in total. The first kappa shape index (κ1) is 15.2.